The minimum atomic E-state index is -0.526. The number of nitrogens with zero attached hydrogens (tertiary/aromatic N) is 1. The third kappa shape index (κ3) is 3.88. The molecule has 0 saturated carbocycles. The summed E-state index contributed by atoms with van der Waals surface area (Å²) >= 11 is 0. The smallest absolute Gasteiger partial charge is 0.416 e. The monoisotopic (exact) mass is 291 g/mol. The van der Waals surface area contributed by atoms with E-state index in [1.807, 2.05) is 33.8 Å². The van der Waals surface area contributed by atoms with Gasteiger partial charge in [-0.2, -0.15) is 0 Å². The zero-order valence-corrected chi connectivity index (χ0v) is 13.3. The lowest BCUT2D eigenvalue weighted by Gasteiger charge is -2.32. The topological polar surface area (TPSA) is 67.6 Å². The van der Waals surface area contributed by atoms with Crippen molar-refractivity contribution in [3.63, 3.8) is 0 Å². The molecule has 0 spiro atoms. The van der Waals surface area contributed by atoms with E-state index in [4.69, 9.17) is 10.5 Å². The number of nitrogens with one attached hydrogen (secondary N) is 1. The van der Waals surface area contributed by atoms with E-state index in [-0.39, 0.29) is 0 Å². The number of allylic oxidation sites excluding steroid dienone is 2. The van der Waals surface area contributed by atoms with E-state index in [0.717, 1.165) is 25.1 Å². The minimum Gasteiger partial charge on any atom is -0.443 e. The maximum Gasteiger partial charge on any atom is 0.416 e. The van der Waals surface area contributed by atoms with Gasteiger partial charge in [0.1, 0.15) is 11.4 Å². The Kier molecular flexibility index (Phi) is 4.42. The molecule has 2 aliphatic rings. The van der Waals surface area contributed by atoms with Gasteiger partial charge in [-0.1, -0.05) is 6.08 Å². The summed E-state index contributed by atoms with van der Waals surface area (Å²) < 4.78 is 5.43. The summed E-state index contributed by atoms with van der Waals surface area (Å²) in [5, 5.41) is 3.30. The van der Waals surface area contributed by atoms with E-state index < -0.39 is 11.7 Å². The van der Waals surface area contributed by atoms with Crippen LogP contribution in [0.4, 0.5) is 4.79 Å². The lowest BCUT2D eigenvalue weighted by Crippen LogP contribution is -2.41. The highest BCUT2D eigenvalue weighted by atomic mass is 16.6. The molecule has 0 aromatic rings. The molecule has 5 nitrogen and oxygen atoms in total. The second kappa shape index (κ2) is 5.93. The van der Waals surface area contributed by atoms with Crippen molar-refractivity contribution >= 4 is 6.09 Å². The minimum absolute atomic E-state index is 0.393. The Morgan fingerprint density at radius 1 is 1.43 bits per heavy atom. The zero-order valence-electron chi connectivity index (χ0n) is 13.3. The highest BCUT2D eigenvalue weighted by Crippen LogP contribution is 2.27. The van der Waals surface area contributed by atoms with Gasteiger partial charge in [0, 0.05) is 6.54 Å². The first-order valence-electron chi connectivity index (χ1n) is 7.35. The summed E-state index contributed by atoms with van der Waals surface area (Å²) in [7, 11) is 0. The first kappa shape index (κ1) is 15.6. The lowest BCUT2D eigenvalue weighted by molar-refractivity contribution is 0.0323. The number of rotatable bonds is 1. The molecule has 0 bridgehead atoms. The van der Waals surface area contributed by atoms with Gasteiger partial charge in [0.05, 0.1) is 6.54 Å². The number of ether oxygens (including phenoxy) is 1. The molecule has 1 amide bonds. The van der Waals surface area contributed by atoms with Crippen molar-refractivity contribution < 1.29 is 9.53 Å². The van der Waals surface area contributed by atoms with Gasteiger partial charge >= 0.3 is 6.09 Å². The summed E-state index contributed by atoms with van der Waals surface area (Å²) in [6, 6.07) is 0. The highest BCUT2D eigenvalue weighted by Gasteiger charge is 2.28. The Bertz CT molecular complexity index is 524. The molecule has 3 N–H and O–H groups in total. The number of hydrogen-bond donors (Lipinski definition) is 2. The Hall–Kier alpha value is -1.75. The van der Waals surface area contributed by atoms with E-state index in [1.54, 1.807) is 0 Å². The van der Waals surface area contributed by atoms with Crippen LogP contribution in [0.5, 0.6) is 0 Å². The summed E-state index contributed by atoms with van der Waals surface area (Å²) in [5.41, 5.74) is 9.07. The predicted molar refractivity (Wildman–Crippen MR) is 83.5 cm³/mol. The normalized spacial score (nSPS) is 20.1. The van der Waals surface area contributed by atoms with Crippen molar-refractivity contribution in [2.24, 2.45) is 5.73 Å². The van der Waals surface area contributed by atoms with Crippen molar-refractivity contribution in [1.82, 2.24) is 10.2 Å². The Morgan fingerprint density at radius 2 is 2.14 bits per heavy atom. The largest absolute Gasteiger partial charge is 0.443 e. The maximum absolute atomic E-state index is 12.3. The van der Waals surface area contributed by atoms with E-state index in [1.165, 1.54) is 16.0 Å². The summed E-state index contributed by atoms with van der Waals surface area (Å²) in [6.45, 7) is 9.92. The average Bonchev–Trinajstić information content (AvgIpc) is 2.37. The van der Waals surface area contributed by atoms with Gasteiger partial charge in [-0.3, -0.25) is 4.90 Å². The summed E-state index contributed by atoms with van der Waals surface area (Å²) in [5.74, 6) is 0.444. The van der Waals surface area contributed by atoms with Crippen LogP contribution in [-0.4, -0.2) is 36.2 Å². The molecule has 0 aromatic heterocycles. The van der Waals surface area contributed by atoms with E-state index >= 15 is 0 Å². The predicted octanol–water partition coefficient (Wildman–Crippen LogP) is 2.27. The zero-order chi connectivity index (χ0) is 15.6. The van der Waals surface area contributed by atoms with Crippen LogP contribution in [0.15, 0.2) is 34.7 Å². The molecule has 0 radical (unpaired) electrons. The first-order valence-corrected chi connectivity index (χ1v) is 7.35. The lowest BCUT2D eigenvalue weighted by atomic mass is 9.93. The van der Waals surface area contributed by atoms with Gasteiger partial charge in [0.2, 0.25) is 0 Å². The quantitative estimate of drug-likeness (QED) is 0.777. The SMILES string of the molecule is CC1=C(C2=CCNCC2)CN(C(=O)OC(C)(C)C)C(N)=C1. The molecule has 0 aliphatic carbocycles. The van der Waals surface area contributed by atoms with Crippen molar-refractivity contribution in [1.29, 1.82) is 0 Å². The fourth-order valence-corrected chi connectivity index (χ4v) is 2.50. The molecule has 2 aliphatic heterocycles. The van der Waals surface area contributed by atoms with Crippen molar-refractivity contribution in [2.45, 2.75) is 39.7 Å². The van der Waals surface area contributed by atoms with Gasteiger partial charge < -0.3 is 15.8 Å². The average molecular weight is 291 g/mol. The van der Waals surface area contributed by atoms with E-state index in [2.05, 4.69) is 11.4 Å². The Morgan fingerprint density at radius 3 is 2.71 bits per heavy atom. The summed E-state index contributed by atoms with van der Waals surface area (Å²) in [6.07, 6.45) is 4.62. The van der Waals surface area contributed by atoms with E-state index in [0.29, 0.717) is 12.4 Å². The molecule has 21 heavy (non-hydrogen) atoms. The number of amides is 1. The van der Waals surface area contributed by atoms with Crippen LogP contribution in [-0.2, 0) is 4.74 Å². The second-order valence-corrected chi connectivity index (χ2v) is 6.48. The maximum atomic E-state index is 12.3. The molecule has 0 aromatic carbocycles. The standard InChI is InChI=1S/C16H25N3O2/c1-11-9-14(17)19(15(20)21-16(2,3)4)10-13(11)12-5-7-18-8-6-12/h5,9,18H,6-8,10,17H2,1-4H3. The number of hydrogen-bond acceptors (Lipinski definition) is 4. The Balaban J connectivity index is 2.20. The third-order valence-electron chi connectivity index (χ3n) is 3.53. The molecule has 0 fully saturated rings. The van der Waals surface area contributed by atoms with Crippen LogP contribution in [0.2, 0.25) is 0 Å². The Labute approximate surface area is 126 Å². The van der Waals surface area contributed by atoms with Crippen molar-refractivity contribution in [3.8, 4) is 0 Å². The van der Waals surface area contributed by atoms with Crippen LogP contribution in [0, 0.1) is 0 Å². The van der Waals surface area contributed by atoms with Gasteiger partial charge in [0.15, 0.2) is 0 Å². The third-order valence-corrected chi connectivity index (χ3v) is 3.53. The second-order valence-electron chi connectivity index (χ2n) is 6.48. The van der Waals surface area contributed by atoms with Crippen LogP contribution in [0.25, 0.3) is 0 Å². The molecule has 5 heteroatoms. The molecule has 116 valence electrons. The van der Waals surface area contributed by atoms with Crippen LogP contribution in [0.1, 0.15) is 34.1 Å². The molecule has 0 unspecified atom stereocenters. The van der Waals surface area contributed by atoms with Crippen LogP contribution >= 0.6 is 0 Å². The highest BCUT2D eigenvalue weighted by molar-refractivity contribution is 5.72. The molecule has 2 rings (SSSR count). The van der Waals surface area contributed by atoms with Crippen LogP contribution < -0.4 is 11.1 Å². The fourth-order valence-electron chi connectivity index (χ4n) is 2.50. The van der Waals surface area contributed by atoms with Gasteiger partial charge in [-0.25, -0.2) is 4.79 Å². The van der Waals surface area contributed by atoms with Crippen LogP contribution in [0.3, 0.4) is 0 Å². The molecular formula is C16H25N3O2. The summed E-state index contributed by atoms with van der Waals surface area (Å²) in [4.78, 5) is 13.8. The van der Waals surface area contributed by atoms with Crippen molar-refractivity contribution in [3.05, 3.63) is 34.7 Å². The molecular weight excluding hydrogens is 266 g/mol. The van der Waals surface area contributed by atoms with Gasteiger partial charge in [-0.15, -0.1) is 0 Å². The number of carbonyl (C=O) groups is 1. The fraction of sp³-hybridized carbons (Fsp3) is 0.562. The molecule has 0 atom stereocenters. The molecule has 0 saturated heterocycles. The molecule has 2 heterocycles. The van der Waals surface area contributed by atoms with Gasteiger partial charge in [0.25, 0.3) is 0 Å². The number of carbonyl (C=O) groups excluding carboxylic acids is 1. The van der Waals surface area contributed by atoms with E-state index in [9.17, 15) is 4.79 Å². The first-order chi connectivity index (χ1) is 9.78. The number of nitrogens with two attached hydrogens (primary N) is 1. The van der Waals surface area contributed by atoms with Crippen molar-refractivity contribution in [2.75, 3.05) is 19.6 Å². The van der Waals surface area contributed by atoms with Gasteiger partial charge in [-0.05, 0) is 63.5 Å².